The van der Waals surface area contributed by atoms with Crippen molar-refractivity contribution >= 4 is 29.6 Å². The molecule has 4 aromatic rings. The van der Waals surface area contributed by atoms with Crippen molar-refractivity contribution in [2.45, 2.75) is 9.79 Å². The molecule has 1 amide bonds. The number of hydrogen-bond acceptors (Lipinski definition) is 5. The Kier molecular flexibility index (Phi) is 7.76. The normalized spacial score (nSPS) is 10.7. The van der Waals surface area contributed by atoms with Crippen molar-refractivity contribution in [1.29, 1.82) is 0 Å². The average molecular weight is 455 g/mol. The smallest absolute Gasteiger partial charge is 0.265 e. The zero-order valence-corrected chi connectivity index (χ0v) is 18.6. The summed E-state index contributed by atoms with van der Waals surface area (Å²) in [7, 11) is 0. The van der Waals surface area contributed by atoms with Crippen LogP contribution in [0.4, 0.5) is 5.69 Å². The summed E-state index contributed by atoms with van der Waals surface area (Å²) in [5.74, 6) is 1.16. The van der Waals surface area contributed by atoms with Gasteiger partial charge < -0.3 is 14.9 Å². The summed E-state index contributed by atoms with van der Waals surface area (Å²) in [6.45, 7) is -0.193. The quantitative estimate of drug-likeness (QED) is 0.228. The minimum atomic E-state index is -0.283. The predicted octanol–water partition coefficient (Wildman–Crippen LogP) is 6.62. The lowest BCUT2D eigenvalue weighted by Gasteiger charge is -2.10. The Morgan fingerprint density at radius 3 is 2.33 bits per heavy atom. The number of benzene rings is 4. The molecule has 0 bridgehead atoms. The van der Waals surface area contributed by atoms with Crippen molar-refractivity contribution in [3.63, 3.8) is 0 Å². The number of anilines is 1. The molecular weight excluding hydrogens is 432 g/mol. The van der Waals surface area contributed by atoms with Crippen molar-refractivity contribution < 1.29 is 14.4 Å². The van der Waals surface area contributed by atoms with Gasteiger partial charge in [-0.1, -0.05) is 77.6 Å². The highest BCUT2D eigenvalue weighted by molar-refractivity contribution is 7.99. The Hall–Kier alpha value is -4.03. The van der Waals surface area contributed by atoms with Crippen molar-refractivity contribution in [1.82, 2.24) is 0 Å². The number of nitrogens with zero attached hydrogens (tertiary/aromatic N) is 1. The first-order valence-electron chi connectivity index (χ1n) is 10.4. The van der Waals surface area contributed by atoms with E-state index in [0.29, 0.717) is 5.75 Å². The molecule has 0 unspecified atom stereocenters. The summed E-state index contributed by atoms with van der Waals surface area (Å²) in [5.41, 5.74) is 1.53. The number of rotatable bonds is 9. The molecule has 164 valence electrons. The van der Waals surface area contributed by atoms with Gasteiger partial charge in [0.15, 0.2) is 6.61 Å². The maximum absolute atomic E-state index is 12.3. The van der Waals surface area contributed by atoms with Gasteiger partial charge in [0.05, 0.1) is 11.9 Å². The molecule has 0 aliphatic rings. The van der Waals surface area contributed by atoms with Crippen LogP contribution in [0.3, 0.4) is 0 Å². The SMILES string of the molecule is O=C(CON=Cc1cccc(Oc2ccccc2)c1)Nc1ccccc1Sc1ccccc1. The Labute approximate surface area is 197 Å². The van der Waals surface area contributed by atoms with Crippen molar-refractivity contribution in [2.24, 2.45) is 5.16 Å². The summed E-state index contributed by atoms with van der Waals surface area (Å²) in [4.78, 5) is 19.6. The fourth-order valence-corrected chi connectivity index (χ4v) is 3.86. The molecule has 0 spiro atoms. The Balaban J connectivity index is 1.29. The van der Waals surface area contributed by atoms with Crippen LogP contribution in [0.25, 0.3) is 0 Å². The number of oxime groups is 1. The molecule has 0 aliphatic carbocycles. The van der Waals surface area contributed by atoms with E-state index < -0.39 is 0 Å². The summed E-state index contributed by atoms with van der Waals surface area (Å²) in [5, 5.41) is 6.80. The molecule has 0 saturated heterocycles. The van der Waals surface area contributed by atoms with E-state index in [1.165, 1.54) is 0 Å². The van der Waals surface area contributed by atoms with Crippen LogP contribution in [-0.4, -0.2) is 18.7 Å². The molecule has 1 N–H and O–H groups in total. The zero-order valence-electron chi connectivity index (χ0n) is 17.8. The lowest BCUT2D eigenvalue weighted by atomic mass is 10.2. The second-order valence-electron chi connectivity index (χ2n) is 6.96. The maximum Gasteiger partial charge on any atom is 0.265 e. The number of nitrogens with one attached hydrogen (secondary N) is 1. The zero-order chi connectivity index (χ0) is 22.7. The highest BCUT2D eigenvalue weighted by Crippen LogP contribution is 2.33. The van der Waals surface area contributed by atoms with E-state index in [0.717, 1.165) is 26.8 Å². The first-order valence-corrected chi connectivity index (χ1v) is 11.2. The first kappa shape index (κ1) is 22.2. The van der Waals surface area contributed by atoms with Gasteiger partial charge in [-0.25, -0.2) is 0 Å². The third-order valence-electron chi connectivity index (χ3n) is 4.44. The van der Waals surface area contributed by atoms with Crippen LogP contribution in [-0.2, 0) is 9.63 Å². The Bertz CT molecular complexity index is 1210. The monoisotopic (exact) mass is 454 g/mol. The van der Waals surface area contributed by atoms with Gasteiger partial charge >= 0.3 is 0 Å². The molecule has 0 atom stereocenters. The number of amides is 1. The van der Waals surface area contributed by atoms with E-state index in [2.05, 4.69) is 10.5 Å². The Morgan fingerprint density at radius 2 is 1.52 bits per heavy atom. The number of carbonyl (C=O) groups is 1. The fraction of sp³-hybridized carbons (Fsp3) is 0.0370. The van der Waals surface area contributed by atoms with Gasteiger partial charge in [0.25, 0.3) is 5.91 Å². The largest absolute Gasteiger partial charge is 0.457 e. The third-order valence-corrected chi connectivity index (χ3v) is 5.52. The number of ether oxygens (including phenoxy) is 1. The minimum Gasteiger partial charge on any atom is -0.457 e. The summed E-state index contributed by atoms with van der Waals surface area (Å²) < 4.78 is 5.82. The van der Waals surface area contributed by atoms with E-state index in [9.17, 15) is 4.79 Å². The van der Waals surface area contributed by atoms with Crippen LogP contribution < -0.4 is 10.1 Å². The van der Waals surface area contributed by atoms with Gasteiger partial charge in [-0.3, -0.25) is 4.79 Å². The first-order chi connectivity index (χ1) is 16.3. The number of para-hydroxylation sites is 2. The lowest BCUT2D eigenvalue weighted by molar-refractivity contribution is -0.120. The van der Waals surface area contributed by atoms with E-state index in [4.69, 9.17) is 9.57 Å². The predicted molar refractivity (Wildman–Crippen MR) is 132 cm³/mol. The van der Waals surface area contributed by atoms with Crippen molar-refractivity contribution in [3.8, 4) is 11.5 Å². The molecule has 5 nitrogen and oxygen atoms in total. The molecule has 33 heavy (non-hydrogen) atoms. The van der Waals surface area contributed by atoms with Gasteiger partial charge in [-0.2, -0.15) is 0 Å². The number of carbonyl (C=O) groups excluding carboxylic acids is 1. The van der Waals surface area contributed by atoms with E-state index in [-0.39, 0.29) is 12.5 Å². The van der Waals surface area contributed by atoms with Crippen LogP contribution in [0, 0.1) is 0 Å². The lowest BCUT2D eigenvalue weighted by Crippen LogP contribution is -2.17. The molecule has 0 heterocycles. The van der Waals surface area contributed by atoms with Crippen molar-refractivity contribution in [3.05, 3.63) is 115 Å². The topological polar surface area (TPSA) is 59.9 Å². The van der Waals surface area contributed by atoms with Crippen molar-refractivity contribution in [2.75, 3.05) is 11.9 Å². The molecule has 4 aromatic carbocycles. The fourth-order valence-electron chi connectivity index (χ4n) is 2.94. The van der Waals surface area contributed by atoms with Gasteiger partial charge in [0.2, 0.25) is 0 Å². The van der Waals surface area contributed by atoms with Crippen LogP contribution in [0.5, 0.6) is 11.5 Å². The molecule has 6 heteroatoms. The summed E-state index contributed by atoms with van der Waals surface area (Å²) in [6, 6.07) is 34.7. The molecule has 0 saturated carbocycles. The Morgan fingerprint density at radius 1 is 0.818 bits per heavy atom. The second kappa shape index (κ2) is 11.5. The number of hydrogen-bond donors (Lipinski definition) is 1. The molecule has 0 radical (unpaired) electrons. The third kappa shape index (κ3) is 6.98. The van der Waals surface area contributed by atoms with Gasteiger partial charge in [0, 0.05) is 9.79 Å². The van der Waals surface area contributed by atoms with Crippen LogP contribution in [0.1, 0.15) is 5.56 Å². The maximum atomic E-state index is 12.3. The molecule has 4 rings (SSSR count). The summed E-state index contributed by atoms with van der Waals surface area (Å²) in [6.07, 6.45) is 1.55. The highest BCUT2D eigenvalue weighted by Gasteiger charge is 2.08. The van der Waals surface area contributed by atoms with Crippen LogP contribution in [0.2, 0.25) is 0 Å². The van der Waals surface area contributed by atoms with E-state index >= 15 is 0 Å². The average Bonchev–Trinajstić information content (AvgIpc) is 2.85. The van der Waals surface area contributed by atoms with Gasteiger partial charge in [0.1, 0.15) is 11.5 Å². The van der Waals surface area contributed by atoms with Gasteiger partial charge in [-0.05, 0) is 54.1 Å². The summed E-state index contributed by atoms with van der Waals surface area (Å²) >= 11 is 1.59. The van der Waals surface area contributed by atoms with E-state index in [1.807, 2.05) is 109 Å². The molecule has 0 aromatic heterocycles. The van der Waals surface area contributed by atoms with Crippen LogP contribution >= 0.6 is 11.8 Å². The second-order valence-corrected chi connectivity index (χ2v) is 8.07. The molecule has 0 aliphatic heterocycles. The molecule has 0 fully saturated rings. The molecular formula is C27H22N2O3S. The van der Waals surface area contributed by atoms with Crippen LogP contribution in [0.15, 0.2) is 124 Å². The van der Waals surface area contributed by atoms with Gasteiger partial charge in [-0.15, -0.1) is 0 Å². The standard InChI is InChI=1S/C27H22N2O3S/c30-27(29-25-16-7-8-17-26(25)33-24-14-5-2-6-15-24)20-31-28-19-21-10-9-13-23(18-21)32-22-11-3-1-4-12-22/h1-19H,20H2,(H,29,30). The minimum absolute atomic E-state index is 0.193. The highest BCUT2D eigenvalue weighted by atomic mass is 32.2. The van der Waals surface area contributed by atoms with E-state index in [1.54, 1.807) is 18.0 Å².